The molecule has 0 aliphatic carbocycles. The van der Waals surface area contributed by atoms with E-state index in [1.165, 1.54) is 110 Å². The maximum Gasteiger partial charge on any atom is 0.0462 e. The van der Waals surface area contributed by atoms with Gasteiger partial charge in [-0.3, -0.25) is 0 Å². The molecule has 12 rings (SSSR count). The number of nitrogens with zero attached hydrogens (tertiary/aromatic N) is 1. The highest BCUT2D eigenvalue weighted by atomic mass is 15.1. The van der Waals surface area contributed by atoms with Gasteiger partial charge in [-0.2, -0.15) is 0 Å². The third-order valence-electron chi connectivity index (χ3n) is 13.6. The van der Waals surface area contributed by atoms with Gasteiger partial charge in [0.15, 0.2) is 0 Å². The molecule has 1 nitrogen and oxygen atoms in total. The molecule has 12 aromatic carbocycles. The van der Waals surface area contributed by atoms with Gasteiger partial charge in [0.05, 0.1) is 0 Å². The summed E-state index contributed by atoms with van der Waals surface area (Å²) in [5.41, 5.74) is 18.1. The van der Waals surface area contributed by atoms with Crippen LogP contribution in [-0.4, -0.2) is 0 Å². The lowest BCUT2D eigenvalue weighted by Crippen LogP contribution is -2.09. The van der Waals surface area contributed by atoms with Crippen LogP contribution in [0.4, 0.5) is 17.1 Å². The minimum atomic E-state index is 1.12. The highest BCUT2D eigenvalue weighted by Crippen LogP contribution is 2.51. The summed E-state index contributed by atoms with van der Waals surface area (Å²) in [6.07, 6.45) is 0. The molecule has 1 heteroatoms. The predicted molar refractivity (Wildman–Crippen MR) is 288 cm³/mol. The fraction of sp³-hybridized carbons (Fsp3) is 0.0303. The molecule has 0 aromatic heterocycles. The Bertz CT molecular complexity index is 3620. The zero-order valence-electron chi connectivity index (χ0n) is 37.6. The molecule has 0 aliphatic rings. The van der Waals surface area contributed by atoms with Crippen molar-refractivity contribution in [3.63, 3.8) is 0 Å². The van der Waals surface area contributed by atoms with Crippen LogP contribution in [0.2, 0.25) is 0 Å². The van der Waals surface area contributed by atoms with E-state index in [2.05, 4.69) is 267 Å². The Hall–Kier alpha value is -8.52. The molecular formula is C66H47N. The topological polar surface area (TPSA) is 3.24 Å². The fourth-order valence-corrected chi connectivity index (χ4v) is 10.4. The van der Waals surface area contributed by atoms with Gasteiger partial charge in [-0.1, -0.05) is 217 Å². The highest BCUT2D eigenvalue weighted by Gasteiger charge is 2.24. The second-order valence-corrected chi connectivity index (χ2v) is 17.7. The van der Waals surface area contributed by atoms with Gasteiger partial charge < -0.3 is 4.90 Å². The average Bonchev–Trinajstić information content (AvgIpc) is 3.39. The van der Waals surface area contributed by atoms with Gasteiger partial charge in [0, 0.05) is 17.1 Å². The van der Waals surface area contributed by atoms with Crippen molar-refractivity contribution in [2.75, 3.05) is 4.90 Å². The monoisotopic (exact) mass is 853 g/mol. The lowest BCUT2D eigenvalue weighted by molar-refractivity contribution is 1.27. The number of fused-ring (bicyclic) bond motifs is 4. The second-order valence-electron chi connectivity index (χ2n) is 17.7. The van der Waals surface area contributed by atoms with Gasteiger partial charge in [0.1, 0.15) is 0 Å². The quantitative estimate of drug-likeness (QED) is 0.138. The molecule has 0 bridgehead atoms. The predicted octanol–water partition coefficient (Wildman–Crippen LogP) is 18.7. The molecule has 316 valence electrons. The summed E-state index contributed by atoms with van der Waals surface area (Å²) in [5.74, 6) is 0. The van der Waals surface area contributed by atoms with Gasteiger partial charge in [0.25, 0.3) is 0 Å². The molecule has 0 fully saturated rings. The molecule has 0 saturated carbocycles. The molecule has 0 saturated heterocycles. The smallest absolute Gasteiger partial charge is 0.0462 e. The van der Waals surface area contributed by atoms with Crippen molar-refractivity contribution in [1.82, 2.24) is 0 Å². The standard InChI is InChI=1S/C66H47N/c1-44-29-36-50(37-30-44)67(51-38-31-45(2)32-39-51)52-40-33-48(34-41-52)63-53-21-9-13-25-57(53)65(58-26-14-10-22-54(58)63)66-59-27-15-11-23-55(59)64(56-24-12-16-28-60(56)66)61-42-35-49(46-17-5-3-6-18-46)43-62(61)47-19-7-4-8-20-47/h3-43H,1-2H3. The summed E-state index contributed by atoms with van der Waals surface area (Å²) in [6.45, 7) is 4.28. The Kier molecular flexibility index (Phi) is 10.0. The van der Waals surface area contributed by atoms with E-state index >= 15 is 0 Å². The zero-order chi connectivity index (χ0) is 44.8. The lowest BCUT2D eigenvalue weighted by Gasteiger charge is -2.26. The molecule has 67 heavy (non-hydrogen) atoms. The van der Waals surface area contributed by atoms with Crippen LogP contribution in [0.3, 0.4) is 0 Å². The van der Waals surface area contributed by atoms with E-state index in [-0.39, 0.29) is 0 Å². The zero-order valence-corrected chi connectivity index (χ0v) is 37.6. The van der Waals surface area contributed by atoms with E-state index in [1.807, 2.05) is 0 Å². The van der Waals surface area contributed by atoms with Gasteiger partial charge >= 0.3 is 0 Å². The Morgan fingerprint density at radius 3 is 0.970 bits per heavy atom. The molecular weight excluding hydrogens is 807 g/mol. The maximum atomic E-state index is 2.38. The number of aryl methyl sites for hydroxylation is 2. The third-order valence-corrected chi connectivity index (χ3v) is 13.6. The fourth-order valence-electron chi connectivity index (χ4n) is 10.4. The van der Waals surface area contributed by atoms with Crippen molar-refractivity contribution in [2.24, 2.45) is 0 Å². The normalized spacial score (nSPS) is 11.4. The van der Waals surface area contributed by atoms with Gasteiger partial charge in [-0.15, -0.1) is 0 Å². The number of anilines is 3. The van der Waals surface area contributed by atoms with Crippen LogP contribution in [0.5, 0.6) is 0 Å². The van der Waals surface area contributed by atoms with E-state index in [9.17, 15) is 0 Å². The summed E-state index contributed by atoms with van der Waals surface area (Å²) in [7, 11) is 0. The van der Waals surface area contributed by atoms with E-state index in [1.54, 1.807) is 0 Å². The number of benzene rings is 12. The first-order valence-electron chi connectivity index (χ1n) is 23.3. The molecule has 0 N–H and O–H groups in total. The summed E-state index contributed by atoms with van der Waals surface area (Å²) >= 11 is 0. The minimum absolute atomic E-state index is 1.12. The molecule has 0 unspecified atom stereocenters. The van der Waals surface area contributed by atoms with Crippen LogP contribution < -0.4 is 4.90 Å². The summed E-state index contributed by atoms with van der Waals surface area (Å²) in [5, 5.41) is 9.89. The number of rotatable bonds is 8. The van der Waals surface area contributed by atoms with Gasteiger partial charge in [0.2, 0.25) is 0 Å². The largest absolute Gasteiger partial charge is 0.311 e. The van der Waals surface area contributed by atoms with Crippen molar-refractivity contribution >= 4 is 60.2 Å². The average molecular weight is 854 g/mol. The van der Waals surface area contributed by atoms with E-state index < -0.39 is 0 Å². The molecule has 0 radical (unpaired) electrons. The van der Waals surface area contributed by atoms with Gasteiger partial charge in [-0.05, 0) is 155 Å². The van der Waals surface area contributed by atoms with Crippen molar-refractivity contribution in [3.8, 4) is 55.6 Å². The van der Waals surface area contributed by atoms with Crippen LogP contribution in [0.15, 0.2) is 249 Å². The molecule has 0 amide bonds. The summed E-state index contributed by atoms with van der Waals surface area (Å²) < 4.78 is 0. The SMILES string of the molecule is Cc1ccc(N(c2ccc(C)cc2)c2ccc(-c3c4ccccc4c(-c4c5ccccc5c(-c5ccc(-c6ccccc6)cc5-c5ccccc5)c5ccccc45)c4ccccc34)cc2)cc1. The minimum Gasteiger partial charge on any atom is -0.311 e. The first-order valence-corrected chi connectivity index (χ1v) is 23.3. The highest BCUT2D eigenvalue weighted by molar-refractivity contribution is 6.30. The molecule has 12 aromatic rings. The van der Waals surface area contributed by atoms with E-state index in [0.29, 0.717) is 0 Å². The van der Waals surface area contributed by atoms with Crippen LogP contribution in [0, 0.1) is 13.8 Å². The second kappa shape index (κ2) is 16.8. The molecule has 0 aliphatic heterocycles. The Morgan fingerprint density at radius 1 is 0.224 bits per heavy atom. The lowest BCUT2D eigenvalue weighted by atomic mass is 9.80. The Labute approximate surface area is 392 Å². The molecule has 0 heterocycles. The van der Waals surface area contributed by atoms with Crippen LogP contribution in [0.1, 0.15) is 11.1 Å². The third kappa shape index (κ3) is 7.04. The van der Waals surface area contributed by atoms with Crippen LogP contribution in [0.25, 0.3) is 98.7 Å². The van der Waals surface area contributed by atoms with Crippen molar-refractivity contribution < 1.29 is 0 Å². The van der Waals surface area contributed by atoms with Crippen LogP contribution >= 0.6 is 0 Å². The number of hydrogen-bond acceptors (Lipinski definition) is 1. The maximum absolute atomic E-state index is 2.38. The van der Waals surface area contributed by atoms with Crippen molar-refractivity contribution in [1.29, 1.82) is 0 Å². The van der Waals surface area contributed by atoms with Crippen molar-refractivity contribution in [3.05, 3.63) is 260 Å². The first-order chi connectivity index (χ1) is 33.1. The summed E-state index contributed by atoms with van der Waals surface area (Å²) in [4.78, 5) is 2.35. The van der Waals surface area contributed by atoms with Gasteiger partial charge in [-0.25, -0.2) is 0 Å². The first kappa shape index (κ1) is 40.0. The van der Waals surface area contributed by atoms with E-state index in [0.717, 1.165) is 17.1 Å². The Balaban J connectivity index is 1.08. The summed E-state index contributed by atoms with van der Waals surface area (Å²) in [6, 6.07) is 91.7. The number of hydrogen-bond donors (Lipinski definition) is 0. The van der Waals surface area contributed by atoms with E-state index in [4.69, 9.17) is 0 Å². The van der Waals surface area contributed by atoms with Crippen LogP contribution in [-0.2, 0) is 0 Å². The van der Waals surface area contributed by atoms with Crippen molar-refractivity contribution in [2.45, 2.75) is 13.8 Å². The molecule has 0 atom stereocenters. The Morgan fingerprint density at radius 2 is 0.552 bits per heavy atom. The molecule has 0 spiro atoms.